The summed E-state index contributed by atoms with van der Waals surface area (Å²) in [6, 6.07) is 8.25. The molecule has 7 rings (SSSR count). The van der Waals surface area contributed by atoms with Crippen LogP contribution < -0.4 is 0 Å². The predicted molar refractivity (Wildman–Crippen MR) is 151 cm³/mol. The van der Waals surface area contributed by atoms with Gasteiger partial charge in [0.25, 0.3) is 0 Å². The summed E-state index contributed by atoms with van der Waals surface area (Å²) in [6.45, 7) is 3.46. The van der Waals surface area contributed by atoms with E-state index in [1.165, 1.54) is 7.11 Å². The number of benzene rings is 1. The van der Waals surface area contributed by atoms with Crippen LogP contribution in [0.3, 0.4) is 0 Å². The highest BCUT2D eigenvalue weighted by Gasteiger charge is 2.91. The molecule has 7 bridgehead atoms. The van der Waals surface area contributed by atoms with Crippen molar-refractivity contribution in [3.63, 3.8) is 0 Å². The molecule has 6 aliphatic rings. The van der Waals surface area contributed by atoms with Crippen molar-refractivity contribution in [2.24, 2.45) is 34.5 Å². The largest absolute Gasteiger partial charge is 0.455 e. The minimum absolute atomic E-state index is 0.106. The highest BCUT2D eigenvalue weighted by atomic mass is 16.6. The van der Waals surface area contributed by atoms with Crippen LogP contribution in [0, 0.1) is 34.5 Å². The number of rotatable bonds is 8. The van der Waals surface area contributed by atoms with Crippen molar-refractivity contribution < 1.29 is 48.9 Å². The number of likely N-dealkylation sites (tertiary alicyclic amines) is 1. The highest BCUT2D eigenvalue weighted by molar-refractivity contribution is 5.89. The molecular weight excluding hydrogens is 558 g/mol. The third-order valence-corrected chi connectivity index (χ3v) is 12.9. The number of esters is 1. The van der Waals surface area contributed by atoms with Crippen LogP contribution in [0.15, 0.2) is 30.3 Å². The molecule has 1 aromatic rings. The summed E-state index contributed by atoms with van der Waals surface area (Å²) < 4.78 is 30.5. The molecule has 4 N–H and O–H groups in total. The van der Waals surface area contributed by atoms with Crippen molar-refractivity contribution in [2.75, 3.05) is 48.1 Å². The second-order valence-electron chi connectivity index (χ2n) is 13.9. The first-order valence-electron chi connectivity index (χ1n) is 15.5. The molecule has 6 fully saturated rings. The number of carbonyl (C=O) groups is 1. The number of hydrogen-bond acceptors (Lipinski definition) is 11. The Bertz CT molecular complexity index is 1250. The SMILES string of the molecule is CCN1C[C@]2(COC)[C@H](O)C[C@H](OC)C34C1C([C@H](OC)[C@@H]32)[C@@]1(O)[C@@H](O)[C@H](OC)[C@@]2(O)C[C@@H]4[C@@H]1C2OC(=O)c1ccccc1. The maximum Gasteiger partial charge on any atom is 0.338 e. The monoisotopic (exact) mass is 603 g/mol. The van der Waals surface area contributed by atoms with Gasteiger partial charge in [-0.2, -0.15) is 0 Å². The van der Waals surface area contributed by atoms with Gasteiger partial charge in [-0.1, -0.05) is 25.1 Å². The molecule has 4 unspecified atom stereocenters. The highest BCUT2D eigenvalue weighted by Crippen LogP contribution is 2.80. The van der Waals surface area contributed by atoms with Gasteiger partial charge < -0.3 is 44.1 Å². The maximum atomic E-state index is 13.6. The molecule has 1 saturated heterocycles. The quantitative estimate of drug-likeness (QED) is 0.300. The molecule has 5 aliphatic carbocycles. The van der Waals surface area contributed by atoms with Crippen molar-refractivity contribution in [3.05, 3.63) is 35.9 Å². The van der Waals surface area contributed by atoms with Crippen LogP contribution in [-0.2, 0) is 23.7 Å². The van der Waals surface area contributed by atoms with E-state index in [2.05, 4.69) is 11.8 Å². The van der Waals surface area contributed by atoms with Crippen molar-refractivity contribution in [3.8, 4) is 0 Å². The minimum Gasteiger partial charge on any atom is -0.455 e. The lowest BCUT2D eigenvalue weighted by Gasteiger charge is -2.70. The van der Waals surface area contributed by atoms with Gasteiger partial charge in [-0.15, -0.1) is 0 Å². The number of nitrogens with zero attached hydrogens (tertiary/aromatic N) is 1. The molecule has 11 nitrogen and oxygen atoms in total. The topological polar surface area (TPSA) is 147 Å². The summed E-state index contributed by atoms with van der Waals surface area (Å²) >= 11 is 0. The molecule has 1 heterocycles. The van der Waals surface area contributed by atoms with Crippen LogP contribution in [0.1, 0.15) is 30.1 Å². The van der Waals surface area contributed by atoms with Gasteiger partial charge in [-0.3, -0.25) is 4.90 Å². The Kier molecular flexibility index (Phi) is 6.92. The van der Waals surface area contributed by atoms with Crippen LogP contribution >= 0.6 is 0 Å². The number of piperidine rings is 1. The average molecular weight is 604 g/mol. The van der Waals surface area contributed by atoms with Crippen molar-refractivity contribution >= 4 is 5.97 Å². The zero-order valence-corrected chi connectivity index (χ0v) is 25.5. The molecule has 238 valence electrons. The average Bonchev–Trinajstić information content (AvgIpc) is 3.39. The smallest absolute Gasteiger partial charge is 0.338 e. The fraction of sp³-hybridized carbons (Fsp3) is 0.781. The van der Waals surface area contributed by atoms with Gasteiger partial charge >= 0.3 is 5.97 Å². The van der Waals surface area contributed by atoms with E-state index in [4.69, 9.17) is 23.7 Å². The van der Waals surface area contributed by atoms with Crippen LogP contribution in [0.5, 0.6) is 0 Å². The molecular formula is C32H45NO10. The fourth-order valence-corrected chi connectivity index (χ4v) is 11.9. The van der Waals surface area contributed by atoms with E-state index in [1.54, 1.807) is 51.7 Å². The van der Waals surface area contributed by atoms with Gasteiger partial charge in [-0.25, -0.2) is 4.79 Å². The van der Waals surface area contributed by atoms with E-state index in [1.807, 2.05) is 0 Å². The van der Waals surface area contributed by atoms with E-state index in [-0.39, 0.29) is 25.0 Å². The number of carbonyl (C=O) groups excluding carboxylic acids is 1. The molecule has 0 amide bonds. The van der Waals surface area contributed by atoms with E-state index in [0.29, 0.717) is 25.1 Å². The molecule has 0 radical (unpaired) electrons. The standard InChI is InChI=1S/C32H45NO10/c1-6-33-14-29(15-39-2)18(34)12-19(40-3)31-17-13-30(37)26(43-28(36)16-10-8-7-9-11-16)20(17)32(38,25(35)27(30)42-5)21(24(31)33)22(41-4)23(29)31/h7-11,17-27,34-35,37-38H,6,12-15H2,1-5H3/t17-,18-,19+,20-,21?,22+,23-,24?,25+,26?,27+,29+,30-,31?,32-/m1/s1. The van der Waals surface area contributed by atoms with Gasteiger partial charge in [0.05, 0.1) is 30.5 Å². The van der Waals surface area contributed by atoms with E-state index >= 15 is 0 Å². The van der Waals surface area contributed by atoms with Crippen molar-refractivity contribution in [1.82, 2.24) is 4.90 Å². The Hall–Kier alpha value is -1.67. The lowest BCUT2D eigenvalue weighted by molar-refractivity contribution is -0.320. The summed E-state index contributed by atoms with van der Waals surface area (Å²) in [5.41, 5.74) is -4.81. The van der Waals surface area contributed by atoms with Crippen molar-refractivity contribution in [1.29, 1.82) is 0 Å². The lowest BCUT2D eigenvalue weighted by atomic mass is 9.42. The second kappa shape index (κ2) is 9.91. The molecule has 1 aromatic carbocycles. The lowest BCUT2D eigenvalue weighted by Crippen LogP contribution is -2.81. The number of aliphatic hydroxyl groups is 4. The van der Waals surface area contributed by atoms with Gasteiger partial charge in [0.2, 0.25) is 0 Å². The molecule has 1 spiro atoms. The Labute approximate surface area is 252 Å². The Balaban J connectivity index is 1.48. The number of methoxy groups -OCH3 is 4. The summed E-state index contributed by atoms with van der Waals surface area (Å²) in [6.07, 6.45) is -5.27. The summed E-state index contributed by atoms with van der Waals surface area (Å²) in [5, 5.41) is 49.7. The van der Waals surface area contributed by atoms with Gasteiger partial charge in [0.1, 0.15) is 29.5 Å². The van der Waals surface area contributed by atoms with E-state index in [0.717, 1.165) is 0 Å². The Morgan fingerprint density at radius 1 is 1.00 bits per heavy atom. The number of ether oxygens (including phenoxy) is 5. The predicted octanol–water partition coefficient (Wildman–Crippen LogP) is 0.0773. The van der Waals surface area contributed by atoms with Gasteiger partial charge in [-0.05, 0) is 31.0 Å². The summed E-state index contributed by atoms with van der Waals surface area (Å²) in [5.74, 6) is -2.94. The summed E-state index contributed by atoms with van der Waals surface area (Å²) in [7, 11) is 6.29. The van der Waals surface area contributed by atoms with Crippen LogP contribution in [0.25, 0.3) is 0 Å². The first-order chi connectivity index (χ1) is 20.6. The molecule has 5 saturated carbocycles. The third kappa shape index (κ3) is 3.28. The molecule has 0 aromatic heterocycles. The molecule has 1 aliphatic heterocycles. The number of fused-ring (bicyclic) bond motifs is 2. The third-order valence-electron chi connectivity index (χ3n) is 12.9. The van der Waals surface area contributed by atoms with Crippen LogP contribution in [0.4, 0.5) is 0 Å². The Morgan fingerprint density at radius 2 is 1.72 bits per heavy atom. The van der Waals surface area contributed by atoms with Crippen LogP contribution in [-0.4, -0.2) is 133 Å². The molecule has 15 atom stereocenters. The van der Waals surface area contributed by atoms with E-state index in [9.17, 15) is 25.2 Å². The van der Waals surface area contributed by atoms with Gasteiger partial charge in [0, 0.05) is 76.0 Å². The Morgan fingerprint density at radius 3 is 2.33 bits per heavy atom. The zero-order chi connectivity index (χ0) is 30.7. The zero-order valence-electron chi connectivity index (χ0n) is 25.5. The molecule has 43 heavy (non-hydrogen) atoms. The van der Waals surface area contributed by atoms with E-state index < -0.39 is 82.4 Å². The number of aliphatic hydroxyl groups excluding tert-OH is 2. The summed E-state index contributed by atoms with van der Waals surface area (Å²) in [4.78, 5) is 15.8. The number of hydrogen-bond donors (Lipinski definition) is 4. The normalized spacial score (nSPS) is 52.7. The fourth-order valence-electron chi connectivity index (χ4n) is 11.9. The molecule has 11 heteroatoms. The minimum atomic E-state index is -1.86. The van der Waals surface area contributed by atoms with Gasteiger partial charge in [0.15, 0.2) is 0 Å². The van der Waals surface area contributed by atoms with Crippen LogP contribution in [0.2, 0.25) is 0 Å². The first kappa shape index (κ1) is 30.0. The maximum absolute atomic E-state index is 13.6. The second-order valence-corrected chi connectivity index (χ2v) is 13.9. The van der Waals surface area contributed by atoms with Crippen molar-refractivity contribution in [2.45, 2.75) is 73.6 Å². The first-order valence-corrected chi connectivity index (χ1v) is 15.5.